The topological polar surface area (TPSA) is 41.0 Å². The van der Waals surface area contributed by atoms with Gasteiger partial charge in [0.05, 0.1) is 6.20 Å². The van der Waals surface area contributed by atoms with Crippen LogP contribution in [0.1, 0.15) is 27.7 Å². The van der Waals surface area contributed by atoms with Crippen LogP contribution in [-0.2, 0) is 0 Å². The summed E-state index contributed by atoms with van der Waals surface area (Å²) in [6.07, 6.45) is 1.50. The van der Waals surface area contributed by atoms with Crippen molar-refractivity contribution in [1.29, 1.82) is 0 Å². The molecule has 1 aromatic heterocycles. The fraction of sp³-hybridized carbons (Fsp3) is 0.667. The molecule has 1 rings (SSSR count). The average molecular weight is 291 g/mol. The summed E-state index contributed by atoms with van der Waals surface area (Å²) >= 11 is 11.7. The van der Waals surface area contributed by atoms with E-state index >= 15 is 0 Å². The van der Waals surface area contributed by atoms with Crippen LogP contribution in [0.15, 0.2) is 6.20 Å². The van der Waals surface area contributed by atoms with Crippen LogP contribution in [0.25, 0.3) is 0 Å². The zero-order valence-electron chi connectivity index (χ0n) is 11.2. The van der Waals surface area contributed by atoms with Gasteiger partial charge in [-0.25, -0.2) is 4.98 Å². The van der Waals surface area contributed by atoms with Crippen LogP contribution in [0.4, 0.5) is 5.82 Å². The van der Waals surface area contributed by atoms with Gasteiger partial charge in [0.2, 0.25) is 5.28 Å². The third-order valence-corrected chi connectivity index (χ3v) is 3.16. The van der Waals surface area contributed by atoms with Crippen LogP contribution in [0, 0.1) is 0 Å². The molecule has 6 heteroatoms. The maximum atomic E-state index is 5.98. The van der Waals surface area contributed by atoms with Crippen LogP contribution >= 0.6 is 23.2 Å². The smallest absolute Gasteiger partial charge is 0.224 e. The molecule has 0 saturated heterocycles. The van der Waals surface area contributed by atoms with Crippen molar-refractivity contribution in [2.24, 2.45) is 0 Å². The second kappa shape index (κ2) is 7.12. The van der Waals surface area contributed by atoms with Gasteiger partial charge in [-0.15, -0.1) is 0 Å². The van der Waals surface area contributed by atoms with Crippen LogP contribution in [0.5, 0.6) is 0 Å². The molecule has 1 heterocycles. The number of nitrogens with one attached hydrogen (secondary N) is 1. The molecular weight excluding hydrogens is 271 g/mol. The van der Waals surface area contributed by atoms with E-state index in [0.29, 0.717) is 22.9 Å². The highest BCUT2D eigenvalue weighted by Gasteiger charge is 2.13. The van der Waals surface area contributed by atoms with Crippen LogP contribution in [-0.4, -0.2) is 40.0 Å². The molecule has 0 aliphatic carbocycles. The molecule has 0 atom stereocenters. The standard InChI is InChI=1S/C12H20Cl2N4/c1-8(2)18(9(3)4)6-5-15-11-10(13)7-16-12(14)17-11/h7-9H,5-6H2,1-4H3,(H,15,16,17). The van der Waals surface area contributed by atoms with Crippen LogP contribution in [0.2, 0.25) is 10.3 Å². The van der Waals surface area contributed by atoms with Gasteiger partial charge in [-0.2, -0.15) is 4.98 Å². The normalized spacial score (nSPS) is 11.6. The lowest BCUT2D eigenvalue weighted by Crippen LogP contribution is -2.40. The minimum atomic E-state index is 0.200. The van der Waals surface area contributed by atoms with Crippen molar-refractivity contribution < 1.29 is 0 Å². The van der Waals surface area contributed by atoms with Crippen LogP contribution < -0.4 is 5.32 Å². The minimum absolute atomic E-state index is 0.200. The summed E-state index contributed by atoms with van der Waals surface area (Å²) < 4.78 is 0. The summed E-state index contributed by atoms with van der Waals surface area (Å²) in [6.45, 7) is 10.4. The van der Waals surface area contributed by atoms with E-state index in [2.05, 4.69) is 47.9 Å². The zero-order chi connectivity index (χ0) is 13.7. The number of nitrogens with zero attached hydrogens (tertiary/aromatic N) is 3. The molecule has 18 heavy (non-hydrogen) atoms. The molecule has 0 aliphatic rings. The SMILES string of the molecule is CC(C)N(CCNc1nc(Cl)ncc1Cl)C(C)C. The number of hydrogen-bond donors (Lipinski definition) is 1. The Balaban J connectivity index is 2.52. The number of halogens is 2. The third-order valence-electron chi connectivity index (χ3n) is 2.70. The molecule has 1 N–H and O–H groups in total. The van der Waals surface area contributed by atoms with E-state index in [-0.39, 0.29) is 5.28 Å². The highest BCUT2D eigenvalue weighted by atomic mass is 35.5. The van der Waals surface area contributed by atoms with E-state index < -0.39 is 0 Å². The molecule has 0 radical (unpaired) electrons. The average Bonchev–Trinajstić information content (AvgIpc) is 2.27. The lowest BCUT2D eigenvalue weighted by molar-refractivity contribution is 0.182. The van der Waals surface area contributed by atoms with Crippen molar-refractivity contribution in [1.82, 2.24) is 14.9 Å². The highest BCUT2D eigenvalue weighted by molar-refractivity contribution is 6.33. The fourth-order valence-electron chi connectivity index (χ4n) is 1.89. The van der Waals surface area contributed by atoms with Gasteiger partial charge >= 0.3 is 0 Å². The Bertz CT molecular complexity index is 374. The van der Waals surface area contributed by atoms with Crippen molar-refractivity contribution in [3.8, 4) is 0 Å². The molecule has 0 unspecified atom stereocenters. The fourth-order valence-corrected chi connectivity index (χ4v) is 2.18. The number of aromatic nitrogens is 2. The molecular formula is C12H20Cl2N4. The lowest BCUT2D eigenvalue weighted by atomic mass is 10.2. The molecule has 0 saturated carbocycles. The van der Waals surface area contributed by atoms with Crippen molar-refractivity contribution in [2.75, 3.05) is 18.4 Å². The Labute approximate surface area is 119 Å². The predicted octanol–water partition coefficient (Wildman–Crippen LogP) is 3.31. The zero-order valence-corrected chi connectivity index (χ0v) is 12.8. The highest BCUT2D eigenvalue weighted by Crippen LogP contribution is 2.19. The summed E-state index contributed by atoms with van der Waals surface area (Å²) in [6, 6.07) is 1.02. The van der Waals surface area contributed by atoms with Crippen molar-refractivity contribution in [3.63, 3.8) is 0 Å². The maximum absolute atomic E-state index is 5.98. The molecule has 4 nitrogen and oxygen atoms in total. The Morgan fingerprint density at radius 1 is 1.22 bits per heavy atom. The second-order valence-corrected chi connectivity index (χ2v) is 5.43. The Hall–Kier alpha value is -0.580. The number of rotatable bonds is 6. The largest absolute Gasteiger partial charge is 0.367 e. The maximum Gasteiger partial charge on any atom is 0.224 e. The molecule has 0 spiro atoms. The third kappa shape index (κ3) is 4.59. The summed E-state index contributed by atoms with van der Waals surface area (Å²) in [5.74, 6) is 0.587. The first-order valence-corrected chi connectivity index (χ1v) is 6.85. The van der Waals surface area contributed by atoms with Gasteiger partial charge in [0.1, 0.15) is 10.8 Å². The first-order valence-electron chi connectivity index (χ1n) is 6.09. The van der Waals surface area contributed by atoms with Crippen LogP contribution in [0.3, 0.4) is 0 Å². The Morgan fingerprint density at radius 3 is 2.39 bits per heavy atom. The van der Waals surface area contributed by atoms with Crippen molar-refractivity contribution in [2.45, 2.75) is 39.8 Å². The molecule has 0 aromatic carbocycles. The second-order valence-electron chi connectivity index (χ2n) is 4.69. The van der Waals surface area contributed by atoms with E-state index in [0.717, 1.165) is 13.1 Å². The summed E-state index contributed by atoms with van der Waals surface area (Å²) in [5, 5.41) is 3.87. The van der Waals surface area contributed by atoms with Gasteiger partial charge in [0.25, 0.3) is 0 Å². The van der Waals surface area contributed by atoms with Gasteiger partial charge in [0.15, 0.2) is 0 Å². The quantitative estimate of drug-likeness (QED) is 0.816. The minimum Gasteiger partial charge on any atom is -0.367 e. The van der Waals surface area contributed by atoms with Gasteiger partial charge < -0.3 is 5.32 Å². The van der Waals surface area contributed by atoms with E-state index in [4.69, 9.17) is 23.2 Å². The van der Waals surface area contributed by atoms with Crippen molar-refractivity contribution >= 4 is 29.0 Å². The Morgan fingerprint density at radius 2 is 1.83 bits per heavy atom. The molecule has 0 amide bonds. The summed E-state index contributed by atoms with van der Waals surface area (Å²) in [5.41, 5.74) is 0. The van der Waals surface area contributed by atoms with Crippen molar-refractivity contribution in [3.05, 3.63) is 16.5 Å². The monoisotopic (exact) mass is 290 g/mol. The molecule has 1 aromatic rings. The first-order chi connectivity index (χ1) is 8.41. The Kier molecular flexibility index (Phi) is 6.12. The van der Waals surface area contributed by atoms with Gasteiger partial charge in [0, 0.05) is 25.2 Å². The molecule has 0 aliphatic heterocycles. The predicted molar refractivity (Wildman–Crippen MR) is 77.5 cm³/mol. The summed E-state index contributed by atoms with van der Waals surface area (Å²) in [4.78, 5) is 10.3. The molecule has 102 valence electrons. The molecule has 0 fully saturated rings. The van der Waals surface area contributed by atoms with E-state index in [1.807, 2.05) is 0 Å². The summed E-state index contributed by atoms with van der Waals surface area (Å²) in [7, 11) is 0. The lowest BCUT2D eigenvalue weighted by Gasteiger charge is -2.30. The van der Waals surface area contributed by atoms with E-state index in [1.165, 1.54) is 6.20 Å². The van der Waals surface area contributed by atoms with Gasteiger partial charge in [-0.1, -0.05) is 11.6 Å². The number of anilines is 1. The molecule has 0 bridgehead atoms. The number of hydrogen-bond acceptors (Lipinski definition) is 4. The van der Waals surface area contributed by atoms with Gasteiger partial charge in [-0.3, -0.25) is 4.90 Å². The van der Waals surface area contributed by atoms with E-state index in [9.17, 15) is 0 Å². The van der Waals surface area contributed by atoms with Gasteiger partial charge in [-0.05, 0) is 39.3 Å². The first kappa shape index (κ1) is 15.5. The van der Waals surface area contributed by atoms with E-state index in [1.54, 1.807) is 0 Å².